The molecule has 0 unspecified atom stereocenters. The van der Waals surface area contributed by atoms with Crippen LogP contribution in [-0.4, -0.2) is 38.2 Å². The number of hydrazine groups is 1. The first kappa shape index (κ1) is 21.2. The Bertz CT molecular complexity index is 1130. The van der Waals surface area contributed by atoms with Gasteiger partial charge in [0.25, 0.3) is 5.91 Å². The van der Waals surface area contributed by atoms with Gasteiger partial charge in [-0.25, -0.2) is 5.01 Å². The van der Waals surface area contributed by atoms with Crippen molar-refractivity contribution in [2.24, 2.45) is 0 Å². The summed E-state index contributed by atoms with van der Waals surface area (Å²) in [4.78, 5) is 26.1. The SMILES string of the molecule is COc1ccc([C@H]2c3cc(OC)c(OC)cc3CC(=O)N2NC(=O)c2ccccc2)cc1. The second kappa shape index (κ2) is 9.01. The molecule has 32 heavy (non-hydrogen) atoms. The molecule has 0 radical (unpaired) electrons. The summed E-state index contributed by atoms with van der Waals surface area (Å²) in [5, 5.41) is 1.39. The van der Waals surface area contributed by atoms with E-state index in [4.69, 9.17) is 14.2 Å². The molecule has 1 aliphatic heterocycles. The average molecular weight is 432 g/mol. The fourth-order valence-corrected chi connectivity index (χ4v) is 3.88. The molecule has 7 nitrogen and oxygen atoms in total. The lowest BCUT2D eigenvalue weighted by Crippen LogP contribution is -2.51. The molecule has 1 aliphatic rings. The van der Waals surface area contributed by atoms with Gasteiger partial charge in [0.05, 0.1) is 27.8 Å². The molecule has 7 heteroatoms. The lowest BCUT2D eigenvalue weighted by molar-refractivity contribution is -0.136. The maximum absolute atomic E-state index is 13.2. The second-order valence-electron chi connectivity index (χ2n) is 7.33. The van der Waals surface area contributed by atoms with Crippen LogP contribution in [0.3, 0.4) is 0 Å². The van der Waals surface area contributed by atoms with Crippen molar-refractivity contribution in [1.82, 2.24) is 10.4 Å². The Kier molecular flexibility index (Phi) is 5.98. The molecule has 1 N–H and O–H groups in total. The summed E-state index contributed by atoms with van der Waals surface area (Å²) < 4.78 is 16.2. The van der Waals surface area contributed by atoms with Gasteiger partial charge in [-0.3, -0.25) is 15.0 Å². The minimum atomic E-state index is -0.551. The van der Waals surface area contributed by atoms with Crippen molar-refractivity contribution in [3.05, 3.63) is 89.0 Å². The van der Waals surface area contributed by atoms with Gasteiger partial charge >= 0.3 is 0 Å². The standard InChI is InChI=1S/C25H24N2O5/c1-30-19-11-9-16(10-12-19)24-20-15-22(32-3)21(31-2)13-18(20)14-23(28)27(24)26-25(29)17-7-5-4-6-8-17/h4-13,15,24H,14H2,1-3H3,(H,26,29)/t24-/m0/s1. The zero-order valence-corrected chi connectivity index (χ0v) is 18.1. The van der Waals surface area contributed by atoms with Crippen molar-refractivity contribution in [1.29, 1.82) is 0 Å². The maximum Gasteiger partial charge on any atom is 0.269 e. The smallest absolute Gasteiger partial charge is 0.269 e. The maximum atomic E-state index is 13.2. The third-order valence-corrected chi connectivity index (χ3v) is 5.50. The fourth-order valence-electron chi connectivity index (χ4n) is 3.88. The van der Waals surface area contributed by atoms with Crippen LogP contribution in [-0.2, 0) is 11.2 Å². The molecule has 0 spiro atoms. The molecule has 0 aliphatic carbocycles. The number of ether oxygens (including phenoxy) is 3. The van der Waals surface area contributed by atoms with E-state index in [1.165, 1.54) is 5.01 Å². The van der Waals surface area contributed by atoms with Crippen molar-refractivity contribution in [2.75, 3.05) is 21.3 Å². The van der Waals surface area contributed by atoms with Crippen LogP contribution >= 0.6 is 0 Å². The van der Waals surface area contributed by atoms with Crippen molar-refractivity contribution < 1.29 is 23.8 Å². The van der Waals surface area contributed by atoms with Crippen LogP contribution in [0.2, 0.25) is 0 Å². The molecule has 4 rings (SSSR count). The Balaban J connectivity index is 1.81. The first-order chi connectivity index (χ1) is 15.5. The van der Waals surface area contributed by atoms with Gasteiger partial charge in [0.1, 0.15) is 11.8 Å². The summed E-state index contributed by atoms with van der Waals surface area (Å²) >= 11 is 0. The van der Waals surface area contributed by atoms with E-state index in [1.54, 1.807) is 45.6 Å². The van der Waals surface area contributed by atoms with E-state index in [2.05, 4.69) is 5.43 Å². The Morgan fingerprint density at radius 1 is 0.906 bits per heavy atom. The number of amides is 2. The number of carbonyl (C=O) groups excluding carboxylic acids is 2. The number of benzene rings is 3. The van der Waals surface area contributed by atoms with E-state index in [0.717, 1.165) is 16.7 Å². The van der Waals surface area contributed by atoms with E-state index in [-0.39, 0.29) is 18.2 Å². The van der Waals surface area contributed by atoms with E-state index in [1.807, 2.05) is 42.5 Å². The zero-order valence-electron chi connectivity index (χ0n) is 18.1. The van der Waals surface area contributed by atoms with Crippen molar-refractivity contribution in [2.45, 2.75) is 12.5 Å². The molecule has 0 aromatic heterocycles. The van der Waals surface area contributed by atoms with Gasteiger partial charge in [-0.1, -0.05) is 30.3 Å². The lowest BCUT2D eigenvalue weighted by atomic mass is 9.88. The third-order valence-electron chi connectivity index (χ3n) is 5.50. The fraction of sp³-hybridized carbons (Fsp3) is 0.200. The van der Waals surface area contributed by atoms with Crippen molar-refractivity contribution in [3.8, 4) is 17.2 Å². The quantitative estimate of drug-likeness (QED) is 0.645. The van der Waals surface area contributed by atoms with Crippen molar-refractivity contribution >= 4 is 11.8 Å². The second-order valence-corrected chi connectivity index (χ2v) is 7.33. The molecule has 1 heterocycles. The van der Waals surface area contributed by atoms with E-state index >= 15 is 0 Å². The van der Waals surface area contributed by atoms with Crippen LogP contribution in [0.4, 0.5) is 0 Å². The topological polar surface area (TPSA) is 77.1 Å². The average Bonchev–Trinajstić information content (AvgIpc) is 2.84. The number of rotatable bonds is 6. The first-order valence-electron chi connectivity index (χ1n) is 10.1. The molecule has 1 atom stereocenters. The van der Waals surface area contributed by atoms with Gasteiger partial charge in [-0.15, -0.1) is 0 Å². The van der Waals surface area contributed by atoms with Gasteiger partial charge < -0.3 is 14.2 Å². The predicted octanol–water partition coefficient (Wildman–Crippen LogP) is 3.53. The predicted molar refractivity (Wildman–Crippen MR) is 119 cm³/mol. The summed E-state index contributed by atoms with van der Waals surface area (Å²) in [7, 11) is 4.72. The number of nitrogens with one attached hydrogen (secondary N) is 1. The molecule has 3 aromatic carbocycles. The third kappa shape index (κ3) is 3.97. The summed E-state index contributed by atoms with van der Waals surface area (Å²) in [5.74, 6) is 1.21. The van der Waals surface area contributed by atoms with Gasteiger partial charge in [0.2, 0.25) is 5.91 Å². The van der Waals surface area contributed by atoms with Gasteiger partial charge in [0, 0.05) is 5.56 Å². The molecular weight excluding hydrogens is 408 g/mol. The Hall–Kier alpha value is -4.00. The Morgan fingerprint density at radius 3 is 2.19 bits per heavy atom. The molecule has 2 amide bonds. The zero-order chi connectivity index (χ0) is 22.7. The summed E-state index contributed by atoms with van der Waals surface area (Å²) in [6, 6.07) is 19.3. The Morgan fingerprint density at radius 2 is 1.56 bits per heavy atom. The van der Waals surface area contributed by atoms with Crippen LogP contribution in [0.15, 0.2) is 66.7 Å². The molecule has 0 bridgehead atoms. The molecule has 164 valence electrons. The first-order valence-corrected chi connectivity index (χ1v) is 10.1. The van der Waals surface area contributed by atoms with E-state index in [0.29, 0.717) is 22.8 Å². The summed E-state index contributed by atoms with van der Waals surface area (Å²) in [6.45, 7) is 0. The van der Waals surface area contributed by atoms with Crippen LogP contribution in [0.1, 0.15) is 33.1 Å². The van der Waals surface area contributed by atoms with Gasteiger partial charge in [-0.2, -0.15) is 0 Å². The van der Waals surface area contributed by atoms with Gasteiger partial charge in [0.15, 0.2) is 11.5 Å². The lowest BCUT2D eigenvalue weighted by Gasteiger charge is -2.37. The summed E-state index contributed by atoms with van der Waals surface area (Å²) in [5.41, 5.74) is 5.76. The minimum Gasteiger partial charge on any atom is -0.497 e. The Labute approximate surface area is 186 Å². The van der Waals surface area contributed by atoms with Crippen LogP contribution < -0.4 is 19.6 Å². The highest BCUT2D eigenvalue weighted by Crippen LogP contribution is 2.41. The number of hydrogen-bond acceptors (Lipinski definition) is 5. The highest BCUT2D eigenvalue weighted by Gasteiger charge is 2.36. The molecule has 3 aromatic rings. The monoisotopic (exact) mass is 432 g/mol. The van der Waals surface area contributed by atoms with Crippen LogP contribution in [0, 0.1) is 0 Å². The number of fused-ring (bicyclic) bond motifs is 1. The van der Waals surface area contributed by atoms with E-state index in [9.17, 15) is 9.59 Å². The minimum absolute atomic E-state index is 0.122. The van der Waals surface area contributed by atoms with Crippen LogP contribution in [0.5, 0.6) is 17.2 Å². The molecular formula is C25H24N2O5. The van der Waals surface area contributed by atoms with Gasteiger partial charge in [-0.05, 0) is 53.1 Å². The molecule has 0 fully saturated rings. The number of methoxy groups -OCH3 is 3. The highest BCUT2D eigenvalue weighted by molar-refractivity contribution is 5.96. The number of hydrogen-bond donors (Lipinski definition) is 1. The highest BCUT2D eigenvalue weighted by atomic mass is 16.5. The molecule has 0 saturated heterocycles. The van der Waals surface area contributed by atoms with Crippen LogP contribution in [0.25, 0.3) is 0 Å². The number of nitrogens with zero attached hydrogens (tertiary/aromatic N) is 1. The molecule has 0 saturated carbocycles. The summed E-state index contributed by atoms with van der Waals surface area (Å²) in [6.07, 6.45) is 0.122. The van der Waals surface area contributed by atoms with Crippen molar-refractivity contribution in [3.63, 3.8) is 0 Å². The normalized spacial score (nSPS) is 15.0. The largest absolute Gasteiger partial charge is 0.497 e. The van der Waals surface area contributed by atoms with E-state index < -0.39 is 6.04 Å². The number of carbonyl (C=O) groups is 2.